The standard InChI is InChI=1S/C14H18BrN3/c15-11-2-1-3-12(13(11)14(16)17)18(10-6-7-10)8-9-4-5-9/h1-3,9-10H,4-8H2,(H3,16,17). The average molecular weight is 308 g/mol. The van der Waals surface area contributed by atoms with Gasteiger partial charge in [-0.15, -0.1) is 0 Å². The number of rotatable bonds is 5. The van der Waals surface area contributed by atoms with E-state index in [1.165, 1.54) is 25.7 Å². The molecule has 0 unspecified atom stereocenters. The minimum absolute atomic E-state index is 0.152. The van der Waals surface area contributed by atoms with Crippen LogP contribution in [0.15, 0.2) is 22.7 Å². The fourth-order valence-electron chi connectivity index (χ4n) is 2.43. The van der Waals surface area contributed by atoms with E-state index >= 15 is 0 Å². The molecule has 2 aliphatic carbocycles. The van der Waals surface area contributed by atoms with E-state index in [9.17, 15) is 0 Å². The van der Waals surface area contributed by atoms with Crippen molar-refractivity contribution in [1.82, 2.24) is 0 Å². The van der Waals surface area contributed by atoms with Gasteiger partial charge in [0, 0.05) is 22.7 Å². The summed E-state index contributed by atoms with van der Waals surface area (Å²) in [5.74, 6) is 1.00. The minimum Gasteiger partial charge on any atom is -0.384 e. The summed E-state index contributed by atoms with van der Waals surface area (Å²) >= 11 is 3.52. The van der Waals surface area contributed by atoms with Crippen molar-refractivity contribution >= 4 is 27.5 Å². The molecule has 0 radical (unpaired) electrons. The summed E-state index contributed by atoms with van der Waals surface area (Å²) in [6, 6.07) is 6.76. The summed E-state index contributed by atoms with van der Waals surface area (Å²) < 4.78 is 0.925. The number of anilines is 1. The van der Waals surface area contributed by atoms with Crippen molar-refractivity contribution in [2.75, 3.05) is 11.4 Å². The number of halogens is 1. The molecule has 1 aromatic rings. The lowest BCUT2D eigenvalue weighted by molar-refractivity contribution is 0.718. The van der Waals surface area contributed by atoms with Crippen LogP contribution in [0.3, 0.4) is 0 Å². The van der Waals surface area contributed by atoms with Crippen LogP contribution in [0, 0.1) is 11.3 Å². The van der Waals surface area contributed by atoms with Gasteiger partial charge in [0.1, 0.15) is 5.84 Å². The lowest BCUT2D eigenvalue weighted by Gasteiger charge is -2.27. The zero-order valence-electron chi connectivity index (χ0n) is 10.3. The second-order valence-corrected chi connectivity index (χ2v) is 6.23. The third-order valence-corrected chi connectivity index (χ3v) is 4.37. The number of hydrogen-bond donors (Lipinski definition) is 2. The highest BCUT2D eigenvalue weighted by molar-refractivity contribution is 9.10. The third-order valence-electron chi connectivity index (χ3n) is 3.71. The maximum absolute atomic E-state index is 7.79. The minimum atomic E-state index is 0.152. The van der Waals surface area contributed by atoms with E-state index in [1.54, 1.807) is 0 Å². The monoisotopic (exact) mass is 307 g/mol. The largest absolute Gasteiger partial charge is 0.384 e. The molecule has 3 nitrogen and oxygen atoms in total. The number of nitrogens with two attached hydrogens (primary N) is 1. The van der Waals surface area contributed by atoms with Gasteiger partial charge in [-0.1, -0.05) is 6.07 Å². The SMILES string of the molecule is N=C(N)c1c(Br)cccc1N(CC1CC1)C1CC1. The van der Waals surface area contributed by atoms with Gasteiger partial charge in [0.25, 0.3) is 0 Å². The number of benzene rings is 1. The molecule has 0 atom stereocenters. The molecule has 2 saturated carbocycles. The summed E-state index contributed by atoms with van der Waals surface area (Å²) in [6.07, 6.45) is 5.26. The van der Waals surface area contributed by atoms with Gasteiger partial charge in [0.05, 0.1) is 5.56 Å². The zero-order chi connectivity index (χ0) is 12.7. The van der Waals surface area contributed by atoms with Crippen LogP contribution in [-0.2, 0) is 0 Å². The van der Waals surface area contributed by atoms with Crippen LogP contribution in [0.2, 0.25) is 0 Å². The third kappa shape index (κ3) is 2.39. The highest BCUT2D eigenvalue weighted by atomic mass is 79.9. The summed E-state index contributed by atoms with van der Waals surface area (Å²) in [5.41, 5.74) is 7.73. The van der Waals surface area contributed by atoms with Crippen LogP contribution in [0.4, 0.5) is 5.69 Å². The number of nitrogens with one attached hydrogen (secondary N) is 1. The molecule has 0 heterocycles. The quantitative estimate of drug-likeness (QED) is 0.648. The van der Waals surface area contributed by atoms with Crippen molar-refractivity contribution in [2.45, 2.75) is 31.7 Å². The molecule has 0 amide bonds. The number of hydrogen-bond acceptors (Lipinski definition) is 2. The Bertz CT molecular complexity index is 478. The van der Waals surface area contributed by atoms with Crippen molar-refractivity contribution in [3.8, 4) is 0 Å². The van der Waals surface area contributed by atoms with Gasteiger partial charge < -0.3 is 10.6 Å². The molecule has 3 N–H and O–H groups in total. The summed E-state index contributed by atoms with van der Waals surface area (Å²) in [6.45, 7) is 1.13. The predicted molar refractivity (Wildman–Crippen MR) is 78.3 cm³/mol. The predicted octanol–water partition coefficient (Wildman–Crippen LogP) is 3.11. The van der Waals surface area contributed by atoms with Gasteiger partial charge in [-0.2, -0.15) is 0 Å². The molecular weight excluding hydrogens is 290 g/mol. The molecule has 4 heteroatoms. The van der Waals surface area contributed by atoms with Gasteiger partial charge in [-0.25, -0.2) is 0 Å². The molecule has 1 aromatic carbocycles. The van der Waals surface area contributed by atoms with Crippen LogP contribution in [-0.4, -0.2) is 18.4 Å². The molecule has 18 heavy (non-hydrogen) atoms. The summed E-state index contributed by atoms with van der Waals surface area (Å²) in [4.78, 5) is 2.47. The fourth-order valence-corrected chi connectivity index (χ4v) is 3.00. The topological polar surface area (TPSA) is 53.1 Å². The molecule has 0 bridgehead atoms. The zero-order valence-corrected chi connectivity index (χ0v) is 11.9. The second kappa shape index (κ2) is 4.57. The lowest BCUT2D eigenvalue weighted by atomic mass is 10.1. The first-order valence-corrected chi connectivity index (χ1v) is 7.35. The Labute approximate surface area is 116 Å². The number of amidine groups is 1. The van der Waals surface area contributed by atoms with Gasteiger partial charge in [-0.3, -0.25) is 5.41 Å². The Hall–Kier alpha value is -1.03. The second-order valence-electron chi connectivity index (χ2n) is 5.37. The first kappa shape index (κ1) is 12.0. The van der Waals surface area contributed by atoms with E-state index < -0.39 is 0 Å². The lowest BCUT2D eigenvalue weighted by Crippen LogP contribution is -2.30. The van der Waals surface area contributed by atoms with Crippen LogP contribution >= 0.6 is 15.9 Å². The molecule has 0 aliphatic heterocycles. The maximum Gasteiger partial charge on any atom is 0.126 e. The first-order valence-electron chi connectivity index (χ1n) is 6.56. The van der Waals surface area contributed by atoms with E-state index in [2.05, 4.69) is 26.9 Å². The Morgan fingerprint density at radius 1 is 1.33 bits per heavy atom. The van der Waals surface area contributed by atoms with Gasteiger partial charge in [0.2, 0.25) is 0 Å². The number of nitrogens with zero attached hydrogens (tertiary/aromatic N) is 1. The van der Waals surface area contributed by atoms with Crippen molar-refractivity contribution in [3.05, 3.63) is 28.2 Å². The maximum atomic E-state index is 7.79. The molecule has 0 spiro atoms. The summed E-state index contributed by atoms with van der Waals surface area (Å²) in [5, 5.41) is 7.79. The molecule has 2 fully saturated rings. The first-order chi connectivity index (χ1) is 8.66. The van der Waals surface area contributed by atoms with Gasteiger partial charge in [0.15, 0.2) is 0 Å². The fraction of sp³-hybridized carbons (Fsp3) is 0.500. The highest BCUT2D eigenvalue weighted by Gasteiger charge is 2.35. The van der Waals surface area contributed by atoms with E-state index in [0.29, 0.717) is 6.04 Å². The Morgan fingerprint density at radius 2 is 2.06 bits per heavy atom. The highest BCUT2D eigenvalue weighted by Crippen LogP contribution is 2.40. The van der Waals surface area contributed by atoms with E-state index in [1.807, 2.05) is 12.1 Å². The van der Waals surface area contributed by atoms with Crippen LogP contribution in [0.5, 0.6) is 0 Å². The smallest absolute Gasteiger partial charge is 0.126 e. The Balaban J connectivity index is 1.96. The molecular formula is C14H18BrN3. The van der Waals surface area contributed by atoms with Gasteiger partial charge in [-0.05, 0) is 59.7 Å². The Kier molecular flexibility index (Phi) is 3.06. The molecule has 2 aliphatic rings. The van der Waals surface area contributed by atoms with Gasteiger partial charge >= 0.3 is 0 Å². The van der Waals surface area contributed by atoms with Crippen molar-refractivity contribution < 1.29 is 0 Å². The molecule has 0 saturated heterocycles. The van der Waals surface area contributed by atoms with Crippen LogP contribution in [0.1, 0.15) is 31.2 Å². The molecule has 3 rings (SSSR count). The van der Waals surface area contributed by atoms with Crippen LogP contribution < -0.4 is 10.6 Å². The normalized spacial score (nSPS) is 18.7. The number of nitrogen functional groups attached to an aromatic ring is 1. The van der Waals surface area contributed by atoms with Crippen molar-refractivity contribution in [1.29, 1.82) is 5.41 Å². The van der Waals surface area contributed by atoms with E-state index in [-0.39, 0.29) is 5.84 Å². The van der Waals surface area contributed by atoms with Crippen molar-refractivity contribution in [3.63, 3.8) is 0 Å². The van der Waals surface area contributed by atoms with Crippen molar-refractivity contribution in [2.24, 2.45) is 11.7 Å². The van der Waals surface area contributed by atoms with Crippen LogP contribution in [0.25, 0.3) is 0 Å². The van der Waals surface area contributed by atoms with E-state index in [0.717, 1.165) is 28.2 Å². The molecule has 96 valence electrons. The summed E-state index contributed by atoms with van der Waals surface area (Å²) in [7, 11) is 0. The van der Waals surface area contributed by atoms with E-state index in [4.69, 9.17) is 11.1 Å². The average Bonchev–Trinajstić information content (AvgIpc) is 3.17. The molecule has 0 aromatic heterocycles. The Morgan fingerprint density at radius 3 is 2.61 bits per heavy atom.